The first kappa shape index (κ1) is 28.7. The zero-order valence-corrected chi connectivity index (χ0v) is 25.4. The molecule has 198 valence electrons. The molecule has 38 heavy (non-hydrogen) atoms. The van der Waals surface area contributed by atoms with E-state index in [1.54, 1.807) is 0 Å². The Kier molecular flexibility index (Phi) is 10.3. The van der Waals surface area contributed by atoms with Gasteiger partial charge >= 0.3 is 0 Å². The number of rotatable bonds is 11. The third-order valence-corrected chi connectivity index (χ3v) is 13.1. The van der Waals surface area contributed by atoms with Crippen molar-refractivity contribution in [3.8, 4) is 0 Å². The molecule has 4 aromatic carbocycles. The van der Waals surface area contributed by atoms with E-state index in [1.165, 1.54) is 21.2 Å². The maximum absolute atomic E-state index is 2.50. The van der Waals surface area contributed by atoms with Gasteiger partial charge in [-0.15, -0.1) is 0 Å². The van der Waals surface area contributed by atoms with Crippen LogP contribution in [0.3, 0.4) is 0 Å². The van der Waals surface area contributed by atoms with E-state index in [2.05, 4.69) is 173 Å². The van der Waals surface area contributed by atoms with Crippen molar-refractivity contribution in [2.75, 3.05) is 28.2 Å². The molecule has 4 unspecified atom stereocenters. The first-order valence-corrected chi connectivity index (χ1v) is 16.3. The number of hydrogen-bond acceptors (Lipinski definition) is 2. The van der Waals surface area contributed by atoms with Crippen molar-refractivity contribution in [1.29, 1.82) is 0 Å². The van der Waals surface area contributed by atoms with Crippen molar-refractivity contribution < 1.29 is 0 Å². The molecule has 2 nitrogen and oxygen atoms in total. The van der Waals surface area contributed by atoms with Gasteiger partial charge in [-0.3, -0.25) is 0 Å². The van der Waals surface area contributed by atoms with Crippen molar-refractivity contribution in [1.82, 2.24) is 9.80 Å². The Morgan fingerprint density at radius 1 is 0.395 bits per heavy atom. The quantitative estimate of drug-likeness (QED) is 0.219. The van der Waals surface area contributed by atoms with Gasteiger partial charge in [0.05, 0.1) is 0 Å². The van der Waals surface area contributed by atoms with Crippen LogP contribution in [0.4, 0.5) is 0 Å². The SMILES string of the molecule is CC(C(C(C(C)P(c1ccccc1)c1ccccc1)N(C)C)N(C)C)P(c1ccccc1)c1ccccc1. The third-order valence-electron chi connectivity index (χ3n) is 7.48. The number of nitrogens with zero attached hydrogens (tertiary/aromatic N) is 2. The summed E-state index contributed by atoms with van der Waals surface area (Å²) in [6, 6.07) is 45.5. The van der Waals surface area contributed by atoms with Crippen LogP contribution >= 0.6 is 15.8 Å². The van der Waals surface area contributed by atoms with E-state index >= 15 is 0 Å². The van der Waals surface area contributed by atoms with E-state index in [1.807, 2.05) is 0 Å². The van der Waals surface area contributed by atoms with Crippen LogP contribution in [-0.4, -0.2) is 61.4 Å². The predicted octanol–water partition coefficient (Wildman–Crippen LogP) is 5.89. The van der Waals surface area contributed by atoms with Gasteiger partial charge in [0.25, 0.3) is 0 Å². The van der Waals surface area contributed by atoms with Gasteiger partial charge in [-0.1, -0.05) is 135 Å². The van der Waals surface area contributed by atoms with Crippen molar-refractivity contribution in [2.45, 2.75) is 37.2 Å². The molecule has 0 spiro atoms. The minimum absolute atomic E-state index is 0.365. The lowest BCUT2D eigenvalue weighted by atomic mass is 10.00. The molecule has 4 heteroatoms. The molecule has 0 aromatic heterocycles. The molecule has 0 aliphatic rings. The maximum Gasteiger partial charge on any atom is 0.0322 e. The van der Waals surface area contributed by atoms with Crippen LogP contribution < -0.4 is 21.2 Å². The summed E-state index contributed by atoms with van der Waals surface area (Å²) in [6.45, 7) is 4.99. The van der Waals surface area contributed by atoms with Gasteiger partial charge in [-0.05, 0) is 65.3 Å². The molecule has 0 radical (unpaired) electrons. The molecule has 0 aliphatic carbocycles. The van der Waals surface area contributed by atoms with Crippen LogP contribution in [-0.2, 0) is 0 Å². The Bertz CT molecular complexity index is 1040. The summed E-state index contributed by atoms with van der Waals surface area (Å²) < 4.78 is 0. The van der Waals surface area contributed by atoms with E-state index in [9.17, 15) is 0 Å². The second-order valence-corrected chi connectivity index (χ2v) is 15.6. The molecular formula is C34H42N2P2. The second kappa shape index (κ2) is 13.6. The predicted molar refractivity (Wildman–Crippen MR) is 172 cm³/mol. The fourth-order valence-corrected chi connectivity index (χ4v) is 11.9. The molecule has 0 saturated heterocycles. The summed E-state index contributed by atoms with van der Waals surface area (Å²) in [5, 5.41) is 5.80. The van der Waals surface area contributed by atoms with Gasteiger partial charge in [0.2, 0.25) is 0 Å². The Morgan fingerprint density at radius 3 is 0.789 bits per heavy atom. The van der Waals surface area contributed by atoms with E-state index < -0.39 is 15.8 Å². The molecule has 0 fully saturated rings. The molecule has 0 N–H and O–H groups in total. The highest BCUT2D eigenvalue weighted by atomic mass is 31.1. The Labute approximate surface area is 233 Å². The van der Waals surface area contributed by atoms with Crippen LogP contribution in [0.1, 0.15) is 13.8 Å². The first-order valence-electron chi connectivity index (χ1n) is 13.5. The van der Waals surface area contributed by atoms with Crippen molar-refractivity contribution in [2.24, 2.45) is 0 Å². The van der Waals surface area contributed by atoms with Crippen molar-refractivity contribution in [3.05, 3.63) is 121 Å². The molecular weight excluding hydrogens is 498 g/mol. The molecule has 0 aliphatic heterocycles. The third kappa shape index (κ3) is 6.62. The molecule has 0 amide bonds. The summed E-state index contributed by atoms with van der Waals surface area (Å²) in [6.07, 6.45) is 0. The van der Waals surface area contributed by atoms with Crippen molar-refractivity contribution in [3.63, 3.8) is 0 Å². The molecule has 4 aromatic rings. The zero-order valence-electron chi connectivity index (χ0n) is 23.6. The summed E-state index contributed by atoms with van der Waals surface area (Å²) in [4.78, 5) is 4.99. The average Bonchev–Trinajstić information content (AvgIpc) is 2.93. The smallest absolute Gasteiger partial charge is 0.0322 e. The summed E-state index contributed by atoms with van der Waals surface area (Å²) >= 11 is 0. The molecule has 0 bridgehead atoms. The lowest BCUT2D eigenvalue weighted by Crippen LogP contribution is -2.57. The topological polar surface area (TPSA) is 6.48 Å². The summed E-state index contributed by atoms with van der Waals surface area (Å²) in [5.41, 5.74) is 0.895. The second-order valence-electron chi connectivity index (χ2n) is 10.5. The van der Waals surface area contributed by atoms with Gasteiger partial charge in [0.15, 0.2) is 0 Å². The highest BCUT2D eigenvalue weighted by Crippen LogP contribution is 2.47. The van der Waals surface area contributed by atoms with E-state index in [-0.39, 0.29) is 0 Å². The Balaban J connectivity index is 1.81. The van der Waals surface area contributed by atoms with Crippen LogP contribution in [0, 0.1) is 0 Å². The van der Waals surface area contributed by atoms with Gasteiger partial charge in [-0.2, -0.15) is 0 Å². The molecule has 0 heterocycles. The molecule has 4 rings (SSSR count). The van der Waals surface area contributed by atoms with Gasteiger partial charge in [-0.25, -0.2) is 0 Å². The fourth-order valence-electron chi connectivity index (χ4n) is 5.94. The zero-order chi connectivity index (χ0) is 27.1. The van der Waals surface area contributed by atoms with Gasteiger partial charge in [0, 0.05) is 23.4 Å². The fraction of sp³-hybridized carbons (Fsp3) is 0.294. The molecule has 4 atom stereocenters. The number of hydrogen-bond donors (Lipinski definition) is 0. The minimum atomic E-state index is -0.555. The lowest BCUT2D eigenvalue weighted by Gasteiger charge is -2.47. The highest BCUT2D eigenvalue weighted by Gasteiger charge is 2.41. The van der Waals surface area contributed by atoms with Crippen molar-refractivity contribution >= 4 is 37.1 Å². The van der Waals surface area contributed by atoms with Crippen LogP contribution in [0.15, 0.2) is 121 Å². The van der Waals surface area contributed by atoms with Gasteiger partial charge in [0.1, 0.15) is 0 Å². The number of benzene rings is 4. The number of likely N-dealkylation sites (N-methyl/N-ethyl adjacent to an activating group) is 2. The van der Waals surface area contributed by atoms with Gasteiger partial charge < -0.3 is 9.80 Å². The average molecular weight is 541 g/mol. The summed E-state index contributed by atoms with van der Waals surface area (Å²) in [7, 11) is 8.01. The standard InChI is InChI=1S/C34H42N2P2/c1-27(37(29-19-11-7-12-20-29)30-21-13-8-14-22-30)33(35(3)4)34(36(5)6)28(2)38(31-23-15-9-16-24-31)32-25-17-10-18-26-32/h7-28,33-34H,1-6H3. The monoisotopic (exact) mass is 540 g/mol. The van der Waals surface area contributed by atoms with Crippen LogP contribution in [0.25, 0.3) is 0 Å². The van der Waals surface area contributed by atoms with Crippen LogP contribution in [0.5, 0.6) is 0 Å². The Morgan fingerprint density at radius 2 is 0.605 bits per heavy atom. The maximum atomic E-state index is 2.50. The normalized spacial score (nSPS) is 15.1. The van der Waals surface area contributed by atoms with Crippen LogP contribution in [0.2, 0.25) is 0 Å². The largest absolute Gasteiger partial charge is 0.304 e. The van der Waals surface area contributed by atoms with E-state index in [4.69, 9.17) is 0 Å². The first-order chi connectivity index (χ1) is 18.4. The molecule has 0 saturated carbocycles. The highest BCUT2D eigenvalue weighted by molar-refractivity contribution is 7.74. The summed E-state index contributed by atoms with van der Waals surface area (Å²) in [5.74, 6) is 0. The van der Waals surface area contributed by atoms with E-state index in [0.717, 1.165) is 0 Å². The lowest BCUT2D eigenvalue weighted by molar-refractivity contribution is 0.149. The van der Waals surface area contributed by atoms with E-state index in [0.29, 0.717) is 23.4 Å². The minimum Gasteiger partial charge on any atom is -0.304 e. The Hall–Kier alpha value is -2.34.